The number of benzene rings is 1. The second-order valence-corrected chi connectivity index (χ2v) is 8.57. The van der Waals surface area contributed by atoms with E-state index in [9.17, 15) is 8.42 Å². The molecule has 0 aliphatic carbocycles. The third kappa shape index (κ3) is 7.18. The summed E-state index contributed by atoms with van der Waals surface area (Å²) in [5, 5.41) is 7.98. The van der Waals surface area contributed by atoms with Gasteiger partial charge in [0.05, 0.1) is 27.9 Å². The first-order valence-corrected chi connectivity index (χ1v) is 11.2. The molecule has 0 radical (unpaired) electrons. The molecule has 1 aromatic heterocycles. The number of thiophene rings is 1. The molecule has 1 heterocycles. The SMILES string of the molecule is CCNC(=NCCNS(=O)(=O)c1cccs1)Nc1cc(OC)c(OC)c(OC)c1.I. The summed E-state index contributed by atoms with van der Waals surface area (Å²) in [7, 11) is 1.12. The lowest BCUT2D eigenvalue weighted by atomic mass is 10.2. The molecule has 0 atom stereocenters. The van der Waals surface area contributed by atoms with Crippen LogP contribution in [-0.2, 0) is 10.0 Å². The van der Waals surface area contributed by atoms with Gasteiger partial charge in [0.2, 0.25) is 15.8 Å². The molecular formula is C18H27IN4O5S2. The quantitative estimate of drug-likeness (QED) is 0.175. The number of anilines is 1. The molecule has 1 aromatic carbocycles. The summed E-state index contributed by atoms with van der Waals surface area (Å²) in [5.41, 5.74) is 0.679. The van der Waals surface area contributed by atoms with Gasteiger partial charge in [0.1, 0.15) is 4.21 Å². The second kappa shape index (κ2) is 12.8. The van der Waals surface area contributed by atoms with Crippen LogP contribution in [0.25, 0.3) is 0 Å². The van der Waals surface area contributed by atoms with Gasteiger partial charge in [-0.25, -0.2) is 13.1 Å². The molecule has 9 nitrogen and oxygen atoms in total. The van der Waals surface area contributed by atoms with Crippen LogP contribution in [0.5, 0.6) is 17.2 Å². The fraction of sp³-hybridized carbons (Fsp3) is 0.389. The number of guanidine groups is 1. The highest BCUT2D eigenvalue weighted by Gasteiger charge is 2.15. The van der Waals surface area contributed by atoms with Crippen molar-refractivity contribution in [2.24, 2.45) is 4.99 Å². The standard InChI is InChI=1S/C18H26N4O5S2.HI/c1-5-19-18(20-8-9-21-29(23,24)16-7-6-10-28-16)22-13-11-14(25-2)17(27-4)15(12-13)26-3;/h6-7,10-12,21H,5,8-9H2,1-4H3,(H2,19,20,22);1H. The largest absolute Gasteiger partial charge is 0.493 e. The fourth-order valence-electron chi connectivity index (χ4n) is 2.43. The molecule has 0 aliphatic heterocycles. The monoisotopic (exact) mass is 570 g/mol. The van der Waals surface area contributed by atoms with Crippen molar-refractivity contribution in [3.63, 3.8) is 0 Å². The average Bonchev–Trinajstić information content (AvgIpc) is 3.26. The lowest BCUT2D eigenvalue weighted by molar-refractivity contribution is 0.324. The van der Waals surface area contributed by atoms with Crippen LogP contribution in [0.2, 0.25) is 0 Å². The van der Waals surface area contributed by atoms with Crippen LogP contribution < -0.4 is 29.6 Å². The van der Waals surface area contributed by atoms with Gasteiger partial charge in [-0.2, -0.15) is 0 Å². The summed E-state index contributed by atoms with van der Waals surface area (Å²) >= 11 is 1.17. The lowest BCUT2D eigenvalue weighted by Gasteiger charge is -2.16. The van der Waals surface area contributed by atoms with Crippen LogP contribution in [0.4, 0.5) is 5.69 Å². The first-order valence-electron chi connectivity index (χ1n) is 8.83. The highest BCUT2D eigenvalue weighted by Crippen LogP contribution is 2.39. The third-order valence-corrected chi connectivity index (χ3v) is 6.56. The molecule has 30 heavy (non-hydrogen) atoms. The molecule has 2 aromatic rings. The highest BCUT2D eigenvalue weighted by atomic mass is 127. The van der Waals surface area contributed by atoms with Gasteiger partial charge in [0.25, 0.3) is 0 Å². The van der Waals surface area contributed by atoms with Crippen molar-refractivity contribution in [1.29, 1.82) is 0 Å². The molecule has 168 valence electrons. The molecule has 0 saturated heterocycles. The molecule has 0 bridgehead atoms. The Hall–Kier alpha value is -1.77. The Labute approximate surface area is 198 Å². The van der Waals surface area contributed by atoms with E-state index in [-0.39, 0.29) is 41.3 Å². The van der Waals surface area contributed by atoms with E-state index in [2.05, 4.69) is 20.3 Å². The van der Waals surface area contributed by atoms with Crippen LogP contribution in [0.1, 0.15) is 6.92 Å². The second-order valence-electron chi connectivity index (χ2n) is 5.63. The van der Waals surface area contributed by atoms with E-state index in [1.165, 1.54) is 18.4 Å². The summed E-state index contributed by atoms with van der Waals surface area (Å²) < 4.78 is 43.1. The molecule has 2 rings (SSSR count). The Bertz CT molecular complexity index is 896. The van der Waals surface area contributed by atoms with E-state index in [0.717, 1.165) is 0 Å². The summed E-state index contributed by atoms with van der Waals surface area (Å²) in [5.74, 6) is 2.00. The van der Waals surface area contributed by atoms with E-state index in [1.54, 1.807) is 43.9 Å². The van der Waals surface area contributed by atoms with Crippen molar-refractivity contribution >= 4 is 57.0 Å². The Kier molecular flexibility index (Phi) is 11.2. The summed E-state index contributed by atoms with van der Waals surface area (Å²) in [6.07, 6.45) is 0. The maximum atomic E-state index is 12.1. The number of nitrogens with zero attached hydrogens (tertiary/aromatic N) is 1. The number of halogens is 1. The van der Waals surface area contributed by atoms with Gasteiger partial charge in [0.15, 0.2) is 17.5 Å². The van der Waals surface area contributed by atoms with Crippen molar-refractivity contribution in [3.05, 3.63) is 29.6 Å². The van der Waals surface area contributed by atoms with Gasteiger partial charge in [0, 0.05) is 30.9 Å². The van der Waals surface area contributed by atoms with Gasteiger partial charge in [-0.15, -0.1) is 35.3 Å². The van der Waals surface area contributed by atoms with Crippen LogP contribution in [0.15, 0.2) is 38.8 Å². The van der Waals surface area contributed by atoms with Gasteiger partial charge < -0.3 is 24.8 Å². The van der Waals surface area contributed by atoms with Crippen LogP contribution in [-0.4, -0.2) is 55.3 Å². The predicted molar refractivity (Wildman–Crippen MR) is 131 cm³/mol. The minimum atomic E-state index is -3.50. The summed E-state index contributed by atoms with van der Waals surface area (Å²) in [6, 6.07) is 6.77. The van der Waals surface area contributed by atoms with Crippen molar-refractivity contribution < 1.29 is 22.6 Å². The molecule has 3 N–H and O–H groups in total. The van der Waals surface area contributed by atoms with Gasteiger partial charge in [-0.05, 0) is 18.4 Å². The third-order valence-electron chi connectivity index (χ3n) is 3.71. The number of nitrogens with one attached hydrogen (secondary N) is 3. The van der Waals surface area contributed by atoms with Gasteiger partial charge in [-0.1, -0.05) is 6.07 Å². The number of sulfonamides is 1. The zero-order valence-electron chi connectivity index (χ0n) is 17.2. The molecule has 0 aliphatic rings. The van der Waals surface area contributed by atoms with E-state index >= 15 is 0 Å². The maximum Gasteiger partial charge on any atom is 0.250 e. The van der Waals surface area contributed by atoms with E-state index in [1.807, 2.05) is 6.92 Å². The van der Waals surface area contributed by atoms with E-state index in [0.29, 0.717) is 35.4 Å². The van der Waals surface area contributed by atoms with E-state index in [4.69, 9.17) is 14.2 Å². The highest BCUT2D eigenvalue weighted by molar-refractivity contribution is 14.0. The Morgan fingerprint density at radius 1 is 1.13 bits per heavy atom. The zero-order valence-corrected chi connectivity index (χ0v) is 21.2. The van der Waals surface area contributed by atoms with Crippen molar-refractivity contribution in [1.82, 2.24) is 10.0 Å². The molecule has 0 unspecified atom stereocenters. The summed E-state index contributed by atoms with van der Waals surface area (Å²) in [6.45, 7) is 3.00. The van der Waals surface area contributed by atoms with E-state index < -0.39 is 10.0 Å². The number of aliphatic imine (C=N–C) groups is 1. The molecular weight excluding hydrogens is 543 g/mol. The van der Waals surface area contributed by atoms with Crippen LogP contribution >= 0.6 is 35.3 Å². The smallest absolute Gasteiger partial charge is 0.250 e. The number of hydrogen-bond donors (Lipinski definition) is 3. The molecule has 0 saturated carbocycles. The first-order chi connectivity index (χ1) is 13.9. The average molecular weight is 570 g/mol. The molecule has 0 fully saturated rings. The number of methoxy groups -OCH3 is 3. The minimum absolute atomic E-state index is 0. The van der Waals surface area contributed by atoms with Crippen LogP contribution in [0.3, 0.4) is 0 Å². The fourth-order valence-corrected chi connectivity index (χ4v) is 4.49. The Morgan fingerprint density at radius 2 is 1.80 bits per heavy atom. The zero-order chi connectivity index (χ0) is 21.3. The maximum absolute atomic E-state index is 12.1. The molecule has 0 spiro atoms. The normalized spacial score (nSPS) is 11.4. The number of rotatable bonds is 10. The number of ether oxygens (including phenoxy) is 3. The predicted octanol–water partition coefficient (Wildman–Crippen LogP) is 2.75. The van der Waals surface area contributed by atoms with Crippen LogP contribution in [0, 0.1) is 0 Å². The van der Waals surface area contributed by atoms with Gasteiger partial charge in [-0.3, -0.25) is 4.99 Å². The van der Waals surface area contributed by atoms with Crippen molar-refractivity contribution in [2.75, 3.05) is 46.3 Å². The van der Waals surface area contributed by atoms with Gasteiger partial charge >= 0.3 is 0 Å². The number of hydrogen-bond acceptors (Lipinski definition) is 7. The summed E-state index contributed by atoms with van der Waals surface area (Å²) in [4.78, 5) is 4.40. The lowest BCUT2D eigenvalue weighted by Crippen LogP contribution is -2.32. The topological polar surface area (TPSA) is 110 Å². The Morgan fingerprint density at radius 3 is 2.30 bits per heavy atom. The molecule has 12 heteroatoms. The van der Waals surface area contributed by atoms with Crippen molar-refractivity contribution in [2.45, 2.75) is 11.1 Å². The first kappa shape index (κ1) is 26.3. The minimum Gasteiger partial charge on any atom is -0.493 e. The van der Waals surface area contributed by atoms with Crippen molar-refractivity contribution in [3.8, 4) is 17.2 Å². The Balaban J connectivity index is 0.00000450. The molecule has 0 amide bonds.